The fourth-order valence-electron chi connectivity index (χ4n) is 1.37. The molecule has 0 spiro atoms. The number of aromatic hydroxyl groups is 1. The standard InChI is InChI=1S/C13H20O5/c1-13(7-14,8-15)9-18-6-10-3-4-11(16)12(5-10)17-2/h3-5,14-16H,6-9H2,1-2H3. The lowest BCUT2D eigenvalue weighted by atomic mass is 9.94. The van der Waals surface area contributed by atoms with Crippen molar-refractivity contribution >= 4 is 0 Å². The summed E-state index contributed by atoms with van der Waals surface area (Å²) in [6.45, 7) is 2.05. The molecule has 0 aliphatic rings. The van der Waals surface area contributed by atoms with Crippen LogP contribution in [-0.4, -0.2) is 42.3 Å². The monoisotopic (exact) mass is 256 g/mol. The van der Waals surface area contributed by atoms with E-state index < -0.39 is 5.41 Å². The number of methoxy groups -OCH3 is 1. The molecule has 0 fully saturated rings. The second kappa shape index (κ2) is 6.58. The van der Waals surface area contributed by atoms with E-state index >= 15 is 0 Å². The first-order chi connectivity index (χ1) is 8.54. The Balaban J connectivity index is 2.54. The van der Waals surface area contributed by atoms with E-state index in [4.69, 9.17) is 19.7 Å². The van der Waals surface area contributed by atoms with Crippen molar-refractivity contribution in [3.05, 3.63) is 23.8 Å². The Bertz CT molecular complexity index is 374. The summed E-state index contributed by atoms with van der Waals surface area (Å²) >= 11 is 0. The van der Waals surface area contributed by atoms with Gasteiger partial charge in [-0.05, 0) is 17.7 Å². The topological polar surface area (TPSA) is 79.2 Å². The molecule has 102 valence electrons. The summed E-state index contributed by atoms with van der Waals surface area (Å²) in [5.74, 6) is 0.472. The zero-order valence-electron chi connectivity index (χ0n) is 10.7. The van der Waals surface area contributed by atoms with E-state index in [1.165, 1.54) is 13.2 Å². The summed E-state index contributed by atoms with van der Waals surface area (Å²) in [6, 6.07) is 4.95. The fraction of sp³-hybridized carbons (Fsp3) is 0.538. The van der Waals surface area contributed by atoms with Crippen molar-refractivity contribution in [1.29, 1.82) is 0 Å². The van der Waals surface area contributed by atoms with Crippen molar-refractivity contribution in [2.75, 3.05) is 26.9 Å². The first-order valence-electron chi connectivity index (χ1n) is 5.70. The molecule has 0 amide bonds. The summed E-state index contributed by atoms with van der Waals surface area (Å²) < 4.78 is 10.4. The molecule has 18 heavy (non-hydrogen) atoms. The summed E-state index contributed by atoms with van der Waals surface area (Å²) in [5.41, 5.74) is 0.212. The molecule has 0 bridgehead atoms. The van der Waals surface area contributed by atoms with E-state index in [9.17, 15) is 5.11 Å². The molecular weight excluding hydrogens is 236 g/mol. The van der Waals surface area contributed by atoms with Gasteiger partial charge in [0.25, 0.3) is 0 Å². The minimum Gasteiger partial charge on any atom is -0.504 e. The van der Waals surface area contributed by atoms with Gasteiger partial charge in [0, 0.05) is 5.41 Å². The van der Waals surface area contributed by atoms with Crippen molar-refractivity contribution in [2.24, 2.45) is 5.41 Å². The summed E-state index contributed by atoms with van der Waals surface area (Å²) in [6.07, 6.45) is 0. The maximum absolute atomic E-state index is 9.43. The number of aliphatic hydroxyl groups is 2. The quantitative estimate of drug-likeness (QED) is 0.675. The van der Waals surface area contributed by atoms with Crippen LogP contribution in [0, 0.1) is 5.41 Å². The second-order valence-electron chi connectivity index (χ2n) is 4.63. The molecule has 1 rings (SSSR count). The van der Waals surface area contributed by atoms with Gasteiger partial charge in [0.15, 0.2) is 11.5 Å². The molecule has 0 radical (unpaired) electrons. The molecule has 0 aliphatic heterocycles. The van der Waals surface area contributed by atoms with Crippen molar-refractivity contribution in [3.63, 3.8) is 0 Å². The van der Waals surface area contributed by atoms with Gasteiger partial charge in [-0.2, -0.15) is 0 Å². The van der Waals surface area contributed by atoms with E-state index in [0.29, 0.717) is 12.4 Å². The Labute approximate surface area is 107 Å². The van der Waals surface area contributed by atoms with Gasteiger partial charge in [0.05, 0.1) is 33.5 Å². The third kappa shape index (κ3) is 3.87. The van der Waals surface area contributed by atoms with Crippen molar-refractivity contribution < 1.29 is 24.8 Å². The van der Waals surface area contributed by atoms with Crippen molar-refractivity contribution in [1.82, 2.24) is 0 Å². The Morgan fingerprint density at radius 2 is 1.89 bits per heavy atom. The van der Waals surface area contributed by atoms with Gasteiger partial charge in [0.2, 0.25) is 0 Å². The lowest BCUT2D eigenvalue weighted by Gasteiger charge is -2.24. The molecule has 0 heterocycles. The van der Waals surface area contributed by atoms with Crippen LogP contribution < -0.4 is 4.74 Å². The predicted molar refractivity (Wildman–Crippen MR) is 66.6 cm³/mol. The minimum atomic E-state index is -0.638. The van der Waals surface area contributed by atoms with Crippen LogP contribution in [0.25, 0.3) is 0 Å². The maximum Gasteiger partial charge on any atom is 0.160 e. The molecule has 1 aromatic rings. The number of phenols is 1. The maximum atomic E-state index is 9.43. The van der Waals surface area contributed by atoms with Crippen molar-refractivity contribution in [2.45, 2.75) is 13.5 Å². The molecule has 0 unspecified atom stereocenters. The zero-order chi connectivity index (χ0) is 13.6. The second-order valence-corrected chi connectivity index (χ2v) is 4.63. The number of benzene rings is 1. The number of ether oxygens (including phenoxy) is 2. The Kier molecular flexibility index (Phi) is 5.40. The highest BCUT2D eigenvalue weighted by Crippen LogP contribution is 2.26. The fourth-order valence-corrected chi connectivity index (χ4v) is 1.37. The molecular formula is C13H20O5. The van der Waals surface area contributed by atoms with Crippen LogP contribution in [0.2, 0.25) is 0 Å². The van der Waals surface area contributed by atoms with E-state index in [1.54, 1.807) is 19.1 Å². The number of phenolic OH excluding ortho intramolecular Hbond substituents is 1. The van der Waals surface area contributed by atoms with Gasteiger partial charge in [-0.15, -0.1) is 0 Å². The molecule has 0 saturated carbocycles. The van der Waals surface area contributed by atoms with E-state index in [0.717, 1.165) is 5.56 Å². The SMILES string of the molecule is COc1cc(COCC(C)(CO)CO)ccc1O. The summed E-state index contributed by atoms with van der Waals surface area (Å²) in [7, 11) is 1.48. The highest BCUT2D eigenvalue weighted by molar-refractivity contribution is 5.41. The zero-order valence-corrected chi connectivity index (χ0v) is 10.7. The molecule has 0 saturated heterocycles. The number of hydrogen-bond acceptors (Lipinski definition) is 5. The van der Waals surface area contributed by atoms with Crippen LogP contribution in [0.5, 0.6) is 11.5 Å². The number of rotatable bonds is 7. The van der Waals surface area contributed by atoms with E-state index in [1.807, 2.05) is 0 Å². The van der Waals surface area contributed by atoms with Gasteiger partial charge in [0.1, 0.15) is 0 Å². The first kappa shape index (κ1) is 14.8. The summed E-state index contributed by atoms with van der Waals surface area (Å²) in [5, 5.41) is 27.6. The Morgan fingerprint density at radius 3 is 2.44 bits per heavy atom. The molecule has 0 atom stereocenters. The lowest BCUT2D eigenvalue weighted by Crippen LogP contribution is -2.31. The molecule has 3 N–H and O–H groups in total. The summed E-state index contributed by atoms with van der Waals surface area (Å²) in [4.78, 5) is 0. The van der Waals surface area contributed by atoms with Crippen LogP contribution in [0.1, 0.15) is 12.5 Å². The normalized spacial score (nSPS) is 11.6. The third-order valence-electron chi connectivity index (χ3n) is 2.73. The average Bonchev–Trinajstić information content (AvgIpc) is 2.40. The van der Waals surface area contributed by atoms with Crippen molar-refractivity contribution in [3.8, 4) is 11.5 Å². The average molecular weight is 256 g/mol. The van der Waals surface area contributed by atoms with Gasteiger partial charge in [-0.3, -0.25) is 0 Å². The van der Waals surface area contributed by atoms with E-state index in [2.05, 4.69) is 0 Å². The smallest absolute Gasteiger partial charge is 0.160 e. The molecule has 0 aliphatic carbocycles. The van der Waals surface area contributed by atoms with Gasteiger partial charge in [-0.1, -0.05) is 13.0 Å². The van der Waals surface area contributed by atoms with Gasteiger partial charge >= 0.3 is 0 Å². The van der Waals surface area contributed by atoms with Gasteiger partial charge < -0.3 is 24.8 Å². The highest BCUT2D eigenvalue weighted by Gasteiger charge is 2.22. The minimum absolute atomic E-state index is 0.0804. The number of hydrogen-bond donors (Lipinski definition) is 3. The highest BCUT2D eigenvalue weighted by atomic mass is 16.5. The van der Waals surface area contributed by atoms with Crippen LogP contribution in [-0.2, 0) is 11.3 Å². The van der Waals surface area contributed by atoms with E-state index in [-0.39, 0.29) is 25.6 Å². The molecule has 5 nitrogen and oxygen atoms in total. The first-order valence-corrected chi connectivity index (χ1v) is 5.70. The molecule has 0 aromatic heterocycles. The largest absolute Gasteiger partial charge is 0.504 e. The van der Waals surface area contributed by atoms with Crippen LogP contribution in [0.3, 0.4) is 0 Å². The Morgan fingerprint density at radius 1 is 1.22 bits per heavy atom. The van der Waals surface area contributed by atoms with Crippen LogP contribution >= 0.6 is 0 Å². The van der Waals surface area contributed by atoms with Crippen LogP contribution in [0.15, 0.2) is 18.2 Å². The predicted octanol–water partition coefficient (Wildman–Crippen LogP) is 0.908. The Hall–Kier alpha value is -1.30. The lowest BCUT2D eigenvalue weighted by molar-refractivity contribution is -0.0220. The molecule has 1 aromatic carbocycles. The molecule has 5 heteroatoms. The third-order valence-corrected chi connectivity index (χ3v) is 2.73. The number of aliphatic hydroxyl groups excluding tert-OH is 2. The van der Waals surface area contributed by atoms with Crippen LogP contribution in [0.4, 0.5) is 0 Å². The van der Waals surface area contributed by atoms with Gasteiger partial charge in [-0.25, -0.2) is 0 Å².